The predicted molar refractivity (Wildman–Crippen MR) is 211 cm³/mol. The van der Waals surface area contributed by atoms with Crippen molar-refractivity contribution in [2.24, 2.45) is 23.7 Å². The Morgan fingerprint density at radius 3 is 1.57 bits per heavy atom. The number of carbonyl (C=O) groups is 2. The van der Waals surface area contributed by atoms with E-state index in [1.165, 1.54) is 41.7 Å². The lowest BCUT2D eigenvalue weighted by Gasteiger charge is -2.15. The van der Waals surface area contributed by atoms with E-state index in [4.69, 9.17) is 23.2 Å². The lowest BCUT2D eigenvalue weighted by molar-refractivity contribution is 0.103. The molecule has 6 atom stereocenters. The minimum Gasteiger partial charge on any atom is -0.396 e. The maximum absolute atomic E-state index is 13.0. The van der Waals surface area contributed by atoms with Gasteiger partial charge >= 0.3 is 0 Å². The number of aryl methyl sites for hydroxylation is 2. The number of nitrogens with zero attached hydrogens (tertiary/aromatic N) is 4. The maximum atomic E-state index is 13.0. The molecular formula is C38H50Cl2N6O3S2. The van der Waals surface area contributed by atoms with E-state index in [9.17, 15) is 14.7 Å². The molecule has 13 heteroatoms. The average molecular weight is 774 g/mol. The van der Waals surface area contributed by atoms with Gasteiger partial charge in [0.25, 0.3) is 0 Å². The smallest absolute Gasteiger partial charge is 0.208 e. The summed E-state index contributed by atoms with van der Waals surface area (Å²) in [6, 6.07) is 4.31. The highest BCUT2D eigenvalue weighted by Crippen LogP contribution is 2.37. The Morgan fingerprint density at radius 1 is 0.784 bits per heavy atom. The number of ketones is 2. The molecule has 0 spiro atoms. The van der Waals surface area contributed by atoms with Crippen molar-refractivity contribution < 1.29 is 14.7 Å². The van der Waals surface area contributed by atoms with E-state index in [1.807, 2.05) is 26.0 Å². The fraction of sp³-hybridized carbons (Fsp3) is 0.526. The van der Waals surface area contributed by atoms with Gasteiger partial charge in [0.15, 0.2) is 0 Å². The molecule has 4 aromatic heterocycles. The number of hydrogen-bond acceptors (Lipinski definition) is 11. The topological polar surface area (TPSA) is 130 Å². The lowest BCUT2D eigenvalue weighted by Crippen LogP contribution is -2.19. The van der Waals surface area contributed by atoms with Crippen LogP contribution in [0.3, 0.4) is 0 Å². The van der Waals surface area contributed by atoms with Crippen LogP contribution in [-0.2, 0) is 11.8 Å². The van der Waals surface area contributed by atoms with Crippen molar-refractivity contribution in [3.05, 3.63) is 78.9 Å². The highest BCUT2D eigenvalue weighted by molar-refractivity contribution is 7.14. The normalized spacial score (nSPS) is 22.5. The molecule has 4 heterocycles. The Balaban J connectivity index is 0.000000224. The summed E-state index contributed by atoms with van der Waals surface area (Å²) >= 11 is 14.8. The van der Waals surface area contributed by atoms with Gasteiger partial charge in [-0.1, -0.05) is 34.6 Å². The zero-order valence-electron chi connectivity index (χ0n) is 29.2. The Labute approximate surface area is 320 Å². The number of hydrogen-bond donors (Lipinski definition) is 3. The number of aliphatic hydroxyl groups excluding tert-OH is 1. The summed E-state index contributed by atoms with van der Waals surface area (Å²) in [5.74, 6) is 4.10. The van der Waals surface area contributed by atoms with Gasteiger partial charge in [-0.2, -0.15) is 0 Å². The molecule has 6 rings (SSSR count). The van der Waals surface area contributed by atoms with Gasteiger partial charge in [-0.25, -0.2) is 19.9 Å². The second kappa shape index (κ2) is 18.7. The Hall–Kier alpha value is -2.96. The van der Waals surface area contributed by atoms with Gasteiger partial charge in [0.2, 0.25) is 11.6 Å². The number of carbonyl (C=O) groups excluding carboxylic acids is 2. The first-order chi connectivity index (χ1) is 24.1. The fourth-order valence-corrected chi connectivity index (χ4v) is 9.84. The summed E-state index contributed by atoms with van der Waals surface area (Å²) < 4.78 is 0. The zero-order chi connectivity index (χ0) is 35.9. The van der Waals surface area contributed by atoms with Crippen molar-refractivity contribution in [1.29, 1.82) is 0 Å². The van der Waals surface area contributed by atoms with Gasteiger partial charge in [0.1, 0.15) is 24.3 Å². The maximum Gasteiger partial charge on any atom is 0.208 e. The van der Waals surface area contributed by atoms with Gasteiger partial charge in [-0.05, 0) is 86.5 Å². The van der Waals surface area contributed by atoms with Crippen molar-refractivity contribution >= 4 is 69.1 Å². The van der Waals surface area contributed by atoms with Crippen LogP contribution in [0.4, 0.5) is 11.6 Å². The Kier molecular flexibility index (Phi) is 15.0. The standard InChI is InChI=1S/C19H24ClN3OS.C18H22ClN3O2S.CH4/c1-4-13-6-15(5-11(13)2)23-19-16(9-21-10-22-19)18(24)17-7-14(8-20)12(3)25-17;1-10-3-14(4-13(10)8-23)22-18-15(7-20-9-21-18)17(24)16-5-12(6-19)11(2)25-16;/h7,9-11,13,15H,4-6,8H2,1-3H3,(H,21,22,23);5,7,9-10,13-14,23H,3-4,6,8H2,1-2H3,(H,20,21,22);1H4/t11-,13-,15-;10-,13+,14-;/m00./s1. The summed E-state index contributed by atoms with van der Waals surface area (Å²) in [6.07, 6.45) is 11.4. The molecule has 2 fully saturated rings. The van der Waals surface area contributed by atoms with E-state index in [1.54, 1.807) is 12.4 Å². The minimum absolute atomic E-state index is 0. The highest BCUT2D eigenvalue weighted by atomic mass is 35.5. The van der Waals surface area contributed by atoms with Crippen molar-refractivity contribution in [2.45, 2.75) is 98.0 Å². The van der Waals surface area contributed by atoms with E-state index in [0.717, 1.165) is 52.5 Å². The van der Waals surface area contributed by atoms with Crippen LogP contribution in [0.5, 0.6) is 0 Å². The number of thiophene rings is 2. The molecule has 0 radical (unpaired) electrons. The van der Waals surface area contributed by atoms with Gasteiger partial charge < -0.3 is 15.7 Å². The molecule has 4 aromatic rings. The Morgan fingerprint density at radius 2 is 1.22 bits per heavy atom. The van der Waals surface area contributed by atoms with Crippen LogP contribution in [0.1, 0.15) is 112 Å². The number of nitrogens with one attached hydrogen (secondary N) is 2. The third-order valence-corrected chi connectivity index (χ3v) is 13.0. The molecule has 0 amide bonds. The second-order valence-electron chi connectivity index (χ2n) is 13.6. The second-order valence-corrected chi connectivity index (χ2v) is 16.6. The molecule has 0 aliphatic heterocycles. The van der Waals surface area contributed by atoms with Gasteiger partial charge in [-0.15, -0.1) is 45.9 Å². The van der Waals surface area contributed by atoms with Crippen LogP contribution in [0.15, 0.2) is 37.2 Å². The van der Waals surface area contributed by atoms with E-state index in [2.05, 4.69) is 51.3 Å². The molecule has 276 valence electrons. The predicted octanol–water partition coefficient (Wildman–Crippen LogP) is 9.32. The van der Waals surface area contributed by atoms with Crippen LogP contribution >= 0.6 is 45.9 Å². The van der Waals surface area contributed by atoms with E-state index in [0.29, 0.717) is 68.1 Å². The van der Waals surface area contributed by atoms with Gasteiger partial charge in [0, 0.05) is 52.6 Å². The monoisotopic (exact) mass is 772 g/mol. The number of halogens is 2. The average Bonchev–Trinajstić information content (AvgIpc) is 3.89. The fourth-order valence-electron chi connectivity index (χ4n) is 7.13. The van der Waals surface area contributed by atoms with Crippen molar-refractivity contribution in [3.63, 3.8) is 0 Å². The summed E-state index contributed by atoms with van der Waals surface area (Å²) in [7, 11) is 0. The van der Waals surface area contributed by atoms with Crippen LogP contribution in [-0.4, -0.2) is 55.3 Å². The van der Waals surface area contributed by atoms with Crippen LogP contribution < -0.4 is 10.6 Å². The quantitative estimate of drug-likeness (QED) is 0.0953. The third-order valence-electron chi connectivity index (χ3n) is 10.2. The lowest BCUT2D eigenvalue weighted by atomic mass is 9.96. The van der Waals surface area contributed by atoms with E-state index < -0.39 is 0 Å². The first-order valence-electron chi connectivity index (χ1n) is 17.2. The van der Waals surface area contributed by atoms with Crippen LogP contribution in [0, 0.1) is 37.5 Å². The highest BCUT2D eigenvalue weighted by Gasteiger charge is 2.33. The summed E-state index contributed by atoms with van der Waals surface area (Å²) in [6.45, 7) is 10.9. The third kappa shape index (κ3) is 9.73. The molecule has 9 nitrogen and oxygen atoms in total. The molecule has 2 saturated carbocycles. The van der Waals surface area contributed by atoms with Crippen LogP contribution in [0.25, 0.3) is 0 Å². The minimum atomic E-state index is -0.0858. The molecule has 0 bridgehead atoms. The number of rotatable bonds is 12. The number of aromatic nitrogens is 4. The van der Waals surface area contributed by atoms with Crippen molar-refractivity contribution in [2.75, 3.05) is 17.2 Å². The Bertz CT molecular complexity index is 1650. The molecule has 0 unspecified atom stereocenters. The molecule has 0 saturated heterocycles. The number of alkyl halides is 2. The van der Waals surface area contributed by atoms with Gasteiger partial charge in [0.05, 0.1) is 20.9 Å². The molecule has 51 heavy (non-hydrogen) atoms. The SMILES string of the molecule is C.CC[C@H]1C[C@@H](Nc2ncncc2C(=O)c2cc(CCl)c(C)s2)C[C@@H]1C.Cc1sc(C(=O)c2cncnc2N[C@@H]2C[C@H](CO)[C@@H](C)C2)cc1CCl. The number of anilines is 2. The molecule has 3 N–H and O–H groups in total. The van der Waals surface area contributed by atoms with E-state index in [-0.39, 0.29) is 31.6 Å². The largest absolute Gasteiger partial charge is 0.396 e. The molecule has 2 aliphatic carbocycles. The van der Waals surface area contributed by atoms with Crippen molar-refractivity contribution in [1.82, 2.24) is 19.9 Å². The first-order valence-corrected chi connectivity index (χ1v) is 19.9. The van der Waals surface area contributed by atoms with Crippen molar-refractivity contribution in [3.8, 4) is 0 Å². The summed E-state index contributed by atoms with van der Waals surface area (Å²) in [5.41, 5.74) is 3.01. The molecule has 0 aromatic carbocycles. The number of aliphatic hydroxyl groups is 1. The van der Waals surface area contributed by atoms with Crippen LogP contribution in [0.2, 0.25) is 0 Å². The van der Waals surface area contributed by atoms with Gasteiger partial charge in [-0.3, -0.25) is 9.59 Å². The van der Waals surface area contributed by atoms with E-state index >= 15 is 0 Å². The molecule has 2 aliphatic rings. The summed E-state index contributed by atoms with van der Waals surface area (Å²) in [5, 5.41) is 16.3. The first kappa shape index (κ1) is 40.8. The molecular weight excluding hydrogens is 723 g/mol. The summed E-state index contributed by atoms with van der Waals surface area (Å²) in [4.78, 5) is 46.1. The zero-order valence-corrected chi connectivity index (χ0v) is 32.4.